The van der Waals surface area contributed by atoms with Crippen molar-refractivity contribution in [3.8, 4) is 0 Å². The van der Waals surface area contributed by atoms with Gasteiger partial charge in [0.25, 0.3) is 5.91 Å². The highest BCUT2D eigenvalue weighted by molar-refractivity contribution is 5.94. The molecule has 0 bridgehead atoms. The minimum atomic E-state index is 0.00883. The fourth-order valence-corrected chi connectivity index (χ4v) is 1.60. The van der Waals surface area contributed by atoms with Gasteiger partial charge in [0.05, 0.1) is 0 Å². The number of anilines is 1. The Morgan fingerprint density at radius 3 is 2.32 bits per heavy atom. The third kappa shape index (κ3) is 5.33. The Morgan fingerprint density at radius 2 is 1.79 bits per heavy atom. The summed E-state index contributed by atoms with van der Waals surface area (Å²) >= 11 is 0. The van der Waals surface area contributed by atoms with Crippen LogP contribution in [-0.2, 0) is 0 Å². The minimum Gasteiger partial charge on any atom is -0.385 e. The summed E-state index contributed by atoms with van der Waals surface area (Å²) in [5.74, 6) is 1.09. The van der Waals surface area contributed by atoms with E-state index in [2.05, 4.69) is 38.3 Å². The van der Waals surface area contributed by atoms with E-state index in [4.69, 9.17) is 0 Å². The first-order chi connectivity index (χ1) is 9.04. The van der Waals surface area contributed by atoms with Crippen LogP contribution in [0, 0.1) is 11.8 Å². The van der Waals surface area contributed by atoms with Crippen molar-refractivity contribution in [1.82, 2.24) is 5.32 Å². The maximum atomic E-state index is 12.0. The second-order valence-electron chi connectivity index (χ2n) is 5.44. The molecule has 0 spiro atoms. The van der Waals surface area contributed by atoms with E-state index in [1.807, 2.05) is 24.3 Å². The molecule has 3 heteroatoms. The third-order valence-electron chi connectivity index (χ3n) is 3.45. The molecular weight excluding hydrogens is 236 g/mol. The maximum absolute atomic E-state index is 12.0. The highest BCUT2D eigenvalue weighted by atomic mass is 16.1. The molecule has 0 fully saturated rings. The summed E-state index contributed by atoms with van der Waals surface area (Å²) in [6.45, 7) is 10.3. The first-order valence-electron chi connectivity index (χ1n) is 7.16. The van der Waals surface area contributed by atoms with Crippen molar-refractivity contribution in [2.75, 3.05) is 18.4 Å². The Morgan fingerprint density at radius 1 is 1.16 bits per heavy atom. The zero-order valence-electron chi connectivity index (χ0n) is 12.5. The lowest BCUT2D eigenvalue weighted by molar-refractivity contribution is 0.0945. The predicted octanol–water partition coefficient (Wildman–Crippen LogP) is 3.53. The number of carbonyl (C=O) groups is 1. The summed E-state index contributed by atoms with van der Waals surface area (Å²) in [5, 5.41) is 6.28. The molecule has 1 aromatic rings. The van der Waals surface area contributed by atoms with E-state index >= 15 is 0 Å². The highest BCUT2D eigenvalue weighted by Gasteiger charge is 2.10. The summed E-state index contributed by atoms with van der Waals surface area (Å²) in [5.41, 5.74) is 1.78. The summed E-state index contributed by atoms with van der Waals surface area (Å²) in [4.78, 5) is 12.0. The van der Waals surface area contributed by atoms with Gasteiger partial charge in [-0.05, 0) is 42.5 Å². The lowest BCUT2D eigenvalue weighted by Crippen LogP contribution is -2.30. The number of nitrogens with one attached hydrogen (secondary N) is 2. The molecule has 0 saturated heterocycles. The van der Waals surface area contributed by atoms with Gasteiger partial charge in [-0.15, -0.1) is 0 Å². The summed E-state index contributed by atoms with van der Waals surface area (Å²) < 4.78 is 0. The molecule has 0 aliphatic carbocycles. The van der Waals surface area contributed by atoms with Crippen molar-refractivity contribution in [3.63, 3.8) is 0 Å². The van der Waals surface area contributed by atoms with Crippen LogP contribution in [0.15, 0.2) is 24.3 Å². The third-order valence-corrected chi connectivity index (χ3v) is 3.45. The molecule has 1 amide bonds. The summed E-state index contributed by atoms with van der Waals surface area (Å²) in [7, 11) is 0. The van der Waals surface area contributed by atoms with Gasteiger partial charge in [-0.1, -0.05) is 27.7 Å². The summed E-state index contributed by atoms with van der Waals surface area (Å²) in [6, 6.07) is 7.65. The van der Waals surface area contributed by atoms with Gasteiger partial charge >= 0.3 is 0 Å². The fraction of sp³-hybridized carbons (Fsp3) is 0.562. The molecule has 1 rings (SSSR count). The Balaban J connectivity index is 2.48. The normalized spacial score (nSPS) is 12.3. The van der Waals surface area contributed by atoms with Gasteiger partial charge in [-0.2, -0.15) is 0 Å². The zero-order chi connectivity index (χ0) is 14.3. The molecule has 1 aromatic carbocycles. The van der Waals surface area contributed by atoms with Crippen molar-refractivity contribution >= 4 is 11.6 Å². The Labute approximate surface area is 116 Å². The SMILES string of the molecule is CCCNc1ccc(C(=O)NCC(C)C(C)C)cc1. The molecule has 19 heavy (non-hydrogen) atoms. The van der Waals surface area contributed by atoms with Gasteiger partial charge in [0.15, 0.2) is 0 Å². The van der Waals surface area contributed by atoms with E-state index in [0.29, 0.717) is 11.8 Å². The van der Waals surface area contributed by atoms with Crippen LogP contribution in [0.3, 0.4) is 0 Å². The van der Waals surface area contributed by atoms with Crippen molar-refractivity contribution in [2.45, 2.75) is 34.1 Å². The first kappa shape index (κ1) is 15.5. The first-order valence-corrected chi connectivity index (χ1v) is 7.16. The van der Waals surface area contributed by atoms with Crippen LogP contribution in [0.5, 0.6) is 0 Å². The number of hydrogen-bond acceptors (Lipinski definition) is 2. The molecule has 0 aromatic heterocycles. The largest absolute Gasteiger partial charge is 0.385 e. The van der Waals surface area contributed by atoms with Gasteiger partial charge in [-0.25, -0.2) is 0 Å². The van der Waals surface area contributed by atoms with E-state index in [1.54, 1.807) is 0 Å². The van der Waals surface area contributed by atoms with Crippen LogP contribution in [0.4, 0.5) is 5.69 Å². The van der Waals surface area contributed by atoms with Gasteiger partial charge in [0.2, 0.25) is 0 Å². The van der Waals surface area contributed by atoms with E-state index in [0.717, 1.165) is 30.8 Å². The lowest BCUT2D eigenvalue weighted by atomic mass is 9.98. The van der Waals surface area contributed by atoms with Crippen molar-refractivity contribution in [3.05, 3.63) is 29.8 Å². The Bertz CT molecular complexity index is 384. The molecule has 1 unspecified atom stereocenters. The zero-order valence-corrected chi connectivity index (χ0v) is 12.5. The number of hydrogen-bond donors (Lipinski definition) is 2. The van der Waals surface area contributed by atoms with Crippen LogP contribution in [-0.4, -0.2) is 19.0 Å². The van der Waals surface area contributed by atoms with Gasteiger partial charge in [-0.3, -0.25) is 4.79 Å². The second kappa shape index (κ2) is 7.82. The monoisotopic (exact) mass is 262 g/mol. The molecule has 0 aliphatic rings. The predicted molar refractivity (Wildman–Crippen MR) is 81.6 cm³/mol. The van der Waals surface area contributed by atoms with Gasteiger partial charge in [0.1, 0.15) is 0 Å². The standard InChI is InChI=1S/C16H26N2O/c1-5-10-17-15-8-6-14(7-9-15)16(19)18-11-13(4)12(2)3/h6-9,12-13,17H,5,10-11H2,1-4H3,(H,18,19). The van der Waals surface area contributed by atoms with Crippen LogP contribution in [0.2, 0.25) is 0 Å². The van der Waals surface area contributed by atoms with E-state index in [1.165, 1.54) is 0 Å². The molecule has 2 N–H and O–H groups in total. The molecule has 106 valence electrons. The van der Waals surface area contributed by atoms with Crippen LogP contribution in [0.25, 0.3) is 0 Å². The average molecular weight is 262 g/mol. The number of carbonyl (C=O) groups excluding carboxylic acids is 1. The average Bonchev–Trinajstić information content (AvgIpc) is 2.42. The van der Waals surface area contributed by atoms with Crippen molar-refractivity contribution < 1.29 is 4.79 Å². The quantitative estimate of drug-likeness (QED) is 0.789. The van der Waals surface area contributed by atoms with Gasteiger partial charge in [0, 0.05) is 24.3 Å². The molecule has 0 radical (unpaired) electrons. The molecule has 3 nitrogen and oxygen atoms in total. The Kier molecular flexibility index (Phi) is 6.40. The summed E-state index contributed by atoms with van der Waals surface area (Å²) in [6.07, 6.45) is 1.09. The smallest absolute Gasteiger partial charge is 0.251 e. The lowest BCUT2D eigenvalue weighted by Gasteiger charge is -2.16. The number of rotatable bonds is 7. The van der Waals surface area contributed by atoms with E-state index in [-0.39, 0.29) is 5.91 Å². The molecule has 1 atom stereocenters. The topological polar surface area (TPSA) is 41.1 Å². The van der Waals surface area contributed by atoms with Gasteiger partial charge < -0.3 is 10.6 Å². The molecule has 0 heterocycles. The van der Waals surface area contributed by atoms with E-state index in [9.17, 15) is 4.79 Å². The maximum Gasteiger partial charge on any atom is 0.251 e. The molecular formula is C16H26N2O. The highest BCUT2D eigenvalue weighted by Crippen LogP contribution is 2.11. The number of benzene rings is 1. The van der Waals surface area contributed by atoms with Crippen molar-refractivity contribution in [2.24, 2.45) is 11.8 Å². The molecule has 0 saturated carbocycles. The second-order valence-corrected chi connectivity index (χ2v) is 5.44. The van der Waals surface area contributed by atoms with E-state index < -0.39 is 0 Å². The van der Waals surface area contributed by atoms with Crippen LogP contribution < -0.4 is 10.6 Å². The Hall–Kier alpha value is -1.51. The molecule has 0 aliphatic heterocycles. The van der Waals surface area contributed by atoms with Crippen molar-refractivity contribution in [1.29, 1.82) is 0 Å². The minimum absolute atomic E-state index is 0.00883. The fourth-order valence-electron chi connectivity index (χ4n) is 1.60. The number of amides is 1. The van der Waals surface area contributed by atoms with Crippen LogP contribution in [0.1, 0.15) is 44.5 Å². The van der Waals surface area contributed by atoms with Crippen LogP contribution >= 0.6 is 0 Å².